The van der Waals surface area contributed by atoms with Gasteiger partial charge in [-0.05, 0) is 63.1 Å². The Kier molecular flexibility index (Phi) is 12.6. The molecule has 10 heteroatoms. The number of sulfonamides is 1. The molecule has 1 heterocycles. The number of imide groups is 1. The van der Waals surface area contributed by atoms with Crippen molar-refractivity contribution in [1.82, 2.24) is 9.95 Å². The Morgan fingerprint density at radius 1 is 0.857 bits per heavy atom. The summed E-state index contributed by atoms with van der Waals surface area (Å²) in [5, 5.41) is 0.860. The predicted molar refractivity (Wildman–Crippen MR) is 133 cm³/mol. The van der Waals surface area contributed by atoms with Crippen molar-refractivity contribution in [2.45, 2.75) is 71.5 Å². The lowest BCUT2D eigenvalue weighted by Crippen LogP contribution is -2.33. The number of carbonyl (C=O) groups is 2. The minimum absolute atomic E-state index is 0.140. The van der Waals surface area contributed by atoms with Crippen molar-refractivity contribution in [3.05, 3.63) is 59.7 Å². The third-order valence-corrected chi connectivity index (χ3v) is 6.13. The zero-order chi connectivity index (χ0) is 26.6. The van der Waals surface area contributed by atoms with E-state index in [9.17, 15) is 18.0 Å². The number of carbonyl (C=O) groups excluding carboxylic acids is 2. The first-order valence-electron chi connectivity index (χ1n) is 11.6. The van der Waals surface area contributed by atoms with Gasteiger partial charge in [0.25, 0.3) is 21.8 Å². The number of fused-ring (bicyclic) bond motifs is 1. The van der Waals surface area contributed by atoms with E-state index in [1.807, 2.05) is 34.6 Å². The first-order valence-corrected chi connectivity index (χ1v) is 13.1. The highest BCUT2D eigenvalue weighted by molar-refractivity contribution is 7.89. The van der Waals surface area contributed by atoms with Gasteiger partial charge >= 0.3 is 0 Å². The summed E-state index contributed by atoms with van der Waals surface area (Å²) in [5.74, 6) is -0.145. The van der Waals surface area contributed by atoms with Gasteiger partial charge in [-0.3, -0.25) is 19.3 Å². The number of amides is 2. The van der Waals surface area contributed by atoms with Crippen LogP contribution in [0.4, 0.5) is 0 Å². The minimum Gasteiger partial charge on any atom is -0.497 e. The summed E-state index contributed by atoms with van der Waals surface area (Å²) in [6.07, 6.45) is 1.16. The van der Waals surface area contributed by atoms with Crippen LogP contribution in [-0.2, 0) is 19.7 Å². The topological polar surface area (TPSA) is 111 Å². The molecule has 2 unspecified atom stereocenters. The van der Waals surface area contributed by atoms with E-state index >= 15 is 0 Å². The Labute approximate surface area is 208 Å². The Bertz CT molecular complexity index is 1020. The molecule has 0 radical (unpaired) electrons. The van der Waals surface area contributed by atoms with Gasteiger partial charge in [-0.1, -0.05) is 44.7 Å². The Hall–Kier alpha value is -2.79. The monoisotopic (exact) mass is 508 g/mol. The molecule has 0 aromatic heterocycles. The van der Waals surface area contributed by atoms with E-state index in [1.165, 1.54) is 19.2 Å². The molecule has 2 aromatic carbocycles. The first-order chi connectivity index (χ1) is 16.6. The van der Waals surface area contributed by atoms with E-state index in [-0.39, 0.29) is 28.9 Å². The lowest BCUT2D eigenvalue weighted by molar-refractivity contribution is -0.126. The standard InChI is InChI=1S/C12H13NO3.C11H17NO4S.C2H6/c1-3-8(2)16-13-11(14)9-6-4-5-7-10(9)12(13)15;1-4-9(2)16-12-17(13,14)11-7-5-10(15-3)6-8-11;1-2/h4-8H,3H2,1-2H3;5-9,12H,4H2,1-3H3;1-2H3. The molecule has 1 aliphatic heterocycles. The fourth-order valence-electron chi connectivity index (χ4n) is 2.55. The number of methoxy groups -OCH3 is 1. The first kappa shape index (κ1) is 30.2. The van der Waals surface area contributed by atoms with Gasteiger partial charge in [0.2, 0.25) is 0 Å². The van der Waals surface area contributed by atoms with Crippen LogP contribution in [0.1, 0.15) is 75.1 Å². The predicted octanol–water partition coefficient (Wildman–Crippen LogP) is 4.74. The molecule has 2 amide bonds. The summed E-state index contributed by atoms with van der Waals surface area (Å²) in [4.78, 5) is 36.2. The van der Waals surface area contributed by atoms with Crippen molar-refractivity contribution >= 4 is 21.8 Å². The second kappa shape index (κ2) is 14.6. The molecule has 1 N–H and O–H groups in total. The normalized spacial score (nSPS) is 14.2. The Morgan fingerprint density at radius 2 is 1.34 bits per heavy atom. The van der Waals surface area contributed by atoms with Crippen LogP contribution in [-0.4, -0.2) is 44.6 Å². The van der Waals surface area contributed by atoms with E-state index < -0.39 is 10.0 Å². The molecule has 0 bridgehead atoms. The molecule has 0 saturated heterocycles. The Morgan fingerprint density at radius 3 is 1.77 bits per heavy atom. The zero-order valence-corrected chi connectivity index (χ0v) is 22.2. The van der Waals surface area contributed by atoms with Gasteiger partial charge in [-0.2, -0.15) is 0 Å². The number of hydrogen-bond acceptors (Lipinski definition) is 7. The fraction of sp³-hybridized carbons (Fsp3) is 0.440. The van der Waals surface area contributed by atoms with Crippen molar-refractivity contribution in [2.24, 2.45) is 0 Å². The molecule has 0 spiro atoms. The summed E-state index contributed by atoms with van der Waals surface area (Å²) in [6, 6.07) is 12.8. The number of ether oxygens (including phenoxy) is 1. The van der Waals surface area contributed by atoms with Crippen LogP contribution in [0.15, 0.2) is 53.4 Å². The molecule has 1 aliphatic rings. The van der Waals surface area contributed by atoms with E-state index in [0.29, 0.717) is 16.9 Å². The molecular weight excluding hydrogens is 472 g/mol. The summed E-state index contributed by atoms with van der Waals surface area (Å²) in [5.41, 5.74) is 0.826. The largest absolute Gasteiger partial charge is 0.497 e. The summed E-state index contributed by atoms with van der Waals surface area (Å²) in [6.45, 7) is 11.5. The van der Waals surface area contributed by atoms with Gasteiger partial charge in [0.1, 0.15) is 5.75 Å². The third kappa shape index (κ3) is 8.43. The molecule has 0 saturated carbocycles. The fourth-order valence-corrected chi connectivity index (χ4v) is 3.43. The van der Waals surface area contributed by atoms with E-state index in [2.05, 4.69) is 4.89 Å². The van der Waals surface area contributed by atoms with Gasteiger partial charge in [0, 0.05) is 0 Å². The third-order valence-electron chi connectivity index (χ3n) is 4.92. The van der Waals surface area contributed by atoms with Gasteiger partial charge in [-0.25, -0.2) is 8.42 Å². The van der Waals surface area contributed by atoms with Crippen LogP contribution >= 0.6 is 0 Å². The second-order valence-electron chi connectivity index (χ2n) is 7.37. The smallest absolute Gasteiger partial charge is 0.285 e. The highest BCUT2D eigenvalue weighted by atomic mass is 32.2. The lowest BCUT2D eigenvalue weighted by atomic mass is 10.1. The number of benzene rings is 2. The van der Waals surface area contributed by atoms with Gasteiger partial charge in [0.05, 0.1) is 35.3 Å². The van der Waals surface area contributed by atoms with Crippen LogP contribution in [0.3, 0.4) is 0 Å². The summed E-state index contributed by atoms with van der Waals surface area (Å²) in [7, 11) is -2.10. The molecular formula is C25H36N2O7S. The minimum atomic E-state index is -3.62. The van der Waals surface area contributed by atoms with Crippen molar-refractivity contribution in [2.75, 3.05) is 7.11 Å². The Balaban J connectivity index is 0.000000327. The molecule has 9 nitrogen and oxygen atoms in total. The van der Waals surface area contributed by atoms with Crippen LogP contribution in [0.25, 0.3) is 0 Å². The van der Waals surface area contributed by atoms with Gasteiger partial charge in [-0.15, -0.1) is 5.06 Å². The number of nitrogens with one attached hydrogen (secondary N) is 1. The van der Waals surface area contributed by atoms with Crippen molar-refractivity contribution in [1.29, 1.82) is 0 Å². The maximum absolute atomic E-state index is 11.8. The van der Waals surface area contributed by atoms with E-state index in [0.717, 1.165) is 17.9 Å². The molecule has 0 aliphatic carbocycles. The van der Waals surface area contributed by atoms with Crippen molar-refractivity contribution in [3.63, 3.8) is 0 Å². The quantitative estimate of drug-likeness (QED) is 0.385. The van der Waals surface area contributed by atoms with Gasteiger partial charge < -0.3 is 4.74 Å². The maximum Gasteiger partial charge on any atom is 0.285 e. The average Bonchev–Trinajstić information content (AvgIpc) is 3.13. The van der Waals surface area contributed by atoms with E-state index in [4.69, 9.17) is 14.4 Å². The van der Waals surface area contributed by atoms with Crippen molar-refractivity contribution in [3.8, 4) is 5.75 Å². The molecule has 2 atom stereocenters. The summed E-state index contributed by atoms with van der Waals surface area (Å²) >= 11 is 0. The highest BCUT2D eigenvalue weighted by Gasteiger charge is 2.37. The summed E-state index contributed by atoms with van der Waals surface area (Å²) < 4.78 is 28.5. The molecule has 35 heavy (non-hydrogen) atoms. The molecule has 194 valence electrons. The number of hydroxylamine groups is 2. The molecule has 2 aromatic rings. The second-order valence-corrected chi connectivity index (χ2v) is 9.02. The number of rotatable bonds is 9. The van der Waals surface area contributed by atoms with Crippen LogP contribution < -0.4 is 9.62 Å². The van der Waals surface area contributed by atoms with Crippen molar-refractivity contribution < 1.29 is 32.4 Å². The average molecular weight is 509 g/mol. The number of nitrogens with zero attached hydrogens (tertiary/aromatic N) is 1. The molecule has 0 fully saturated rings. The van der Waals surface area contributed by atoms with Gasteiger partial charge in [0.15, 0.2) is 0 Å². The van der Waals surface area contributed by atoms with Crippen LogP contribution in [0.2, 0.25) is 0 Å². The lowest BCUT2D eigenvalue weighted by Gasteiger charge is -2.17. The van der Waals surface area contributed by atoms with E-state index in [1.54, 1.807) is 43.3 Å². The molecule has 3 rings (SSSR count). The van der Waals surface area contributed by atoms with Crippen LogP contribution in [0.5, 0.6) is 5.75 Å². The van der Waals surface area contributed by atoms with Crippen LogP contribution in [0, 0.1) is 0 Å². The maximum atomic E-state index is 11.8. The zero-order valence-electron chi connectivity index (χ0n) is 21.4. The highest BCUT2D eigenvalue weighted by Crippen LogP contribution is 2.23. The SMILES string of the molecule is CC.CCC(C)ON1C(=O)c2ccccc2C1=O.CCC(C)ONS(=O)(=O)c1ccc(OC)cc1. The number of hydrogen-bond donors (Lipinski definition) is 1.